The largest absolute Gasteiger partial charge is 0.347 e. The summed E-state index contributed by atoms with van der Waals surface area (Å²) in [7, 11) is -0.929. The van der Waals surface area contributed by atoms with Crippen molar-refractivity contribution in [1.29, 1.82) is 0 Å². The summed E-state index contributed by atoms with van der Waals surface area (Å²) in [5.41, 5.74) is 1.20. The minimum atomic E-state index is -0.929. The van der Waals surface area contributed by atoms with E-state index in [1.54, 1.807) is 6.26 Å². The Bertz CT molecular complexity index is 594. The van der Waals surface area contributed by atoms with Gasteiger partial charge < -0.3 is 5.32 Å². The molecule has 2 atom stereocenters. The Morgan fingerprint density at radius 3 is 2.94 bits per heavy atom. The number of aromatic nitrogens is 2. The zero-order chi connectivity index (χ0) is 13.1. The van der Waals surface area contributed by atoms with Crippen molar-refractivity contribution in [2.45, 2.75) is 13.0 Å². The van der Waals surface area contributed by atoms with Crippen molar-refractivity contribution in [3.8, 4) is 0 Å². The molecule has 1 amide bonds. The minimum absolute atomic E-state index is 0.140. The van der Waals surface area contributed by atoms with Crippen molar-refractivity contribution in [3.05, 3.63) is 30.0 Å². The Morgan fingerprint density at radius 2 is 2.22 bits per heavy atom. The van der Waals surface area contributed by atoms with Crippen LogP contribution in [0.1, 0.15) is 17.4 Å². The minimum Gasteiger partial charge on any atom is -0.347 e. The number of carbonyl (C=O) groups is 1. The lowest BCUT2D eigenvalue weighted by molar-refractivity contribution is 0.0940. The van der Waals surface area contributed by atoms with Gasteiger partial charge in [-0.15, -0.1) is 0 Å². The Balaban J connectivity index is 2.16. The topological polar surface area (TPSA) is 74.8 Å². The van der Waals surface area contributed by atoms with E-state index in [9.17, 15) is 9.00 Å². The maximum absolute atomic E-state index is 12.0. The van der Waals surface area contributed by atoms with Gasteiger partial charge in [-0.25, -0.2) is 0 Å². The second kappa shape index (κ2) is 5.30. The van der Waals surface area contributed by atoms with Gasteiger partial charge in [0, 0.05) is 34.2 Å². The first-order valence-corrected chi connectivity index (χ1v) is 7.34. The molecule has 0 saturated heterocycles. The van der Waals surface area contributed by atoms with Gasteiger partial charge in [-0.2, -0.15) is 5.10 Å². The first-order chi connectivity index (χ1) is 8.58. The van der Waals surface area contributed by atoms with E-state index in [1.165, 1.54) is 0 Å². The van der Waals surface area contributed by atoms with Crippen LogP contribution in [0.5, 0.6) is 0 Å². The van der Waals surface area contributed by atoms with E-state index >= 15 is 0 Å². The fourth-order valence-corrected chi connectivity index (χ4v) is 2.61. The summed E-state index contributed by atoms with van der Waals surface area (Å²) in [6.45, 7) is 1.83. The highest BCUT2D eigenvalue weighted by atomic mass is 32.2. The van der Waals surface area contributed by atoms with E-state index in [4.69, 9.17) is 0 Å². The Morgan fingerprint density at radius 1 is 1.50 bits per heavy atom. The quantitative estimate of drug-likeness (QED) is 0.868. The van der Waals surface area contributed by atoms with Gasteiger partial charge in [0.25, 0.3) is 5.91 Å². The monoisotopic (exact) mass is 265 g/mol. The van der Waals surface area contributed by atoms with Gasteiger partial charge in [0.05, 0.1) is 5.52 Å². The van der Waals surface area contributed by atoms with Crippen LogP contribution in [0.2, 0.25) is 0 Å². The standard InChI is InChI=1S/C12H15N3O2S/c1-8(7-18(2)17)13-12(16)11-9-5-3-4-6-10(9)14-15-11/h3-6,8H,7H2,1-2H3,(H,13,16)(H,14,15). The van der Waals surface area contributed by atoms with Gasteiger partial charge in [0.1, 0.15) is 0 Å². The molecule has 2 aromatic rings. The molecule has 2 rings (SSSR count). The molecule has 1 aromatic heterocycles. The molecule has 0 fully saturated rings. The number of nitrogens with one attached hydrogen (secondary N) is 2. The molecular weight excluding hydrogens is 250 g/mol. The van der Waals surface area contributed by atoms with E-state index in [1.807, 2.05) is 31.2 Å². The van der Waals surface area contributed by atoms with E-state index < -0.39 is 10.8 Å². The zero-order valence-corrected chi connectivity index (χ0v) is 11.1. The molecule has 0 bridgehead atoms. The fraction of sp³-hybridized carbons (Fsp3) is 0.333. The molecule has 5 nitrogen and oxygen atoms in total. The van der Waals surface area contributed by atoms with Crippen molar-refractivity contribution < 1.29 is 9.00 Å². The molecule has 6 heteroatoms. The van der Waals surface area contributed by atoms with Gasteiger partial charge in [-0.3, -0.25) is 14.1 Å². The summed E-state index contributed by atoms with van der Waals surface area (Å²) in [6, 6.07) is 7.31. The molecule has 0 radical (unpaired) electrons. The molecule has 1 aromatic carbocycles. The average molecular weight is 265 g/mol. The van der Waals surface area contributed by atoms with Crippen molar-refractivity contribution >= 4 is 27.6 Å². The molecule has 18 heavy (non-hydrogen) atoms. The fourth-order valence-electron chi connectivity index (χ4n) is 1.82. The van der Waals surface area contributed by atoms with Crippen LogP contribution in [-0.2, 0) is 10.8 Å². The first kappa shape index (κ1) is 12.8. The van der Waals surface area contributed by atoms with Gasteiger partial charge in [0.15, 0.2) is 5.69 Å². The number of rotatable bonds is 4. The predicted molar refractivity (Wildman–Crippen MR) is 72.0 cm³/mol. The van der Waals surface area contributed by atoms with Crippen LogP contribution < -0.4 is 5.32 Å². The van der Waals surface area contributed by atoms with Crippen LogP contribution in [0.3, 0.4) is 0 Å². The van der Waals surface area contributed by atoms with Crippen molar-refractivity contribution in [3.63, 3.8) is 0 Å². The molecule has 0 aliphatic carbocycles. The van der Waals surface area contributed by atoms with Crippen molar-refractivity contribution in [2.24, 2.45) is 0 Å². The number of para-hydroxylation sites is 1. The Kier molecular flexibility index (Phi) is 3.76. The molecule has 0 saturated carbocycles. The number of hydrogen-bond donors (Lipinski definition) is 2. The summed E-state index contributed by atoms with van der Waals surface area (Å²) in [6.07, 6.45) is 1.62. The lowest BCUT2D eigenvalue weighted by Crippen LogP contribution is -2.36. The predicted octanol–water partition coefficient (Wildman–Crippen LogP) is 1.06. The molecule has 2 N–H and O–H groups in total. The molecular formula is C12H15N3O2S. The third kappa shape index (κ3) is 2.76. The van der Waals surface area contributed by atoms with E-state index in [0.717, 1.165) is 10.9 Å². The third-order valence-electron chi connectivity index (χ3n) is 2.55. The summed E-state index contributed by atoms with van der Waals surface area (Å²) >= 11 is 0. The van der Waals surface area contributed by atoms with E-state index in [2.05, 4.69) is 15.5 Å². The Labute approximate surface area is 107 Å². The van der Waals surface area contributed by atoms with Gasteiger partial charge in [0.2, 0.25) is 0 Å². The summed E-state index contributed by atoms with van der Waals surface area (Å²) in [5, 5.41) is 10.4. The lowest BCUT2D eigenvalue weighted by Gasteiger charge is -2.11. The Hall–Kier alpha value is -1.69. The van der Waals surface area contributed by atoms with Crippen molar-refractivity contribution in [1.82, 2.24) is 15.5 Å². The maximum Gasteiger partial charge on any atom is 0.272 e. The number of nitrogens with zero attached hydrogens (tertiary/aromatic N) is 1. The van der Waals surface area contributed by atoms with Crippen LogP contribution in [0.25, 0.3) is 10.9 Å². The number of H-pyrrole nitrogens is 1. The maximum atomic E-state index is 12.0. The van der Waals surface area contributed by atoms with Crippen LogP contribution in [0, 0.1) is 0 Å². The van der Waals surface area contributed by atoms with Crippen LogP contribution in [-0.4, -0.2) is 38.4 Å². The molecule has 96 valence electrons. The second-order valence-electron chi connectivity index (χ2n) is 4.23. The van der Waals surface area contributed by atoms with E-state index in [0.29, 0.717) is 11.4 Å². The number of hydrogen-bond acceptors (Lipinski definition) is 3. The highest BCUT2D eigenvalue weighted by molar-refractivity contribution is 7.84. The van der Waals surface area contributed by atoms with Crippen molar-refractivity contribution in [2.75, 3.05) is 12.0 Å². The number of carbonyl (C=O) groups excluding carboxylic acids is 1. The smallest absolute Gasteiger partial charge is 0.272 e. The normalized spacial score (nSPS) is 14.3. The number of amides is 1. The molecule has 0 aliphatic rings. The summed E-state index contributed by atoms with van der Waals surface area (Å²) in [4.78, 5) is 12.0. The zero-order valence-electron chi connectivity index (χ0n) is 10.3. The third-order valence-corrected chi connectivity index (χ3v) is 3.52. The highest BCUT2D eigenvalue weighted by Gasteiger charge is 2.16. The molecule has 1 heterocycles. The van der Waals surface area contributed by atoms with E-state index in [-0.39, 0.29) is 11.9 Å². The molecule has 0 aliphatic heterocycles. The van der Waals surface area contributed by atoms with Gasteiger partial charge >= 0.3 is 0 Å². The summed E-state index contributed by atoms with van der Waals surface area (Å²) < 4.78 is 11.1. The highest BCUT2D eigenvalue weighted by Crippen LogP contribution is 2.14. The summed E-state index contributed by atoms with van der Waals surface area (Å²) in [5.74, 6) is 0.194. The second-order valence-corrected chi connectivity index (χ2v) is 5.71. The number of aromatic amines is 1. The van der Waals surface area contributed by atoms with Crippen LogP contribution in [0.4, 0.5) is 0 Å². The van der Waals surface area contributed by atoms with Gasteiger partial charge in [-0.1, -0.05) is 18.2 Å². The lowest BCUT2D eigenvalue weighted by atomic mass is 10.2. The van der Waals surface area contributed by atoms with Gasteiger partial charge in [-0.05, 0) is 13.0 Å². The molecule has 0 spiro atoms. The first-order valence-electron chi connectivity index (χ1n) is 5.62. The van der Waals surface area contributed by atoms with Crippen LogP contribution >= 0.6 is 0 Å². The average Bonchev–Trinajstić information content (AvgIpc) is 2.71. The number of benzene rings is 1. The number of fused-ring (bicyclic) bond motifs is 1. The van der Waals surface area contributed by atoms with Crippen LogP contribution in [0.15, 0.2) is 24.3 Å². The SMILES string of the molecule is CC(CS(C)=O)NC(=O)c1n[nH]c2ccccc12. The molecule has 2 unspecified atom stereocenters.